The molecular weight excluding hydrogens is 649 g/mol. The molecule has 0 aliphatic carbocycles. The van der Waals surface area contributed by atoms with E-state index in [1.54, 1.807) is 0 Å². The fourth-order valence-corrected chi connectivity index (χ4v) is 7.29. The van der Waals surface area contributed by atoms with E-state index in [1.165, 1.54) is 110 Å². The molecule has 5 atom stereocenters. The SMILES string of the molecule is CCCCCCCCCCCCCC(=O)O[C@H]1[C@@H](OC)O[C@H](CO[Si](C)(C)C(C)(C)C)[C@@H](O)[C@@H]1OC(=O)CCCCCCCCCCCCC. The second kappa shape index (κ2) is 27.6. The van der Waals surface area contributed by atoms with Gasteiger partial charge in [-0.3, -0.25) is 9.59 Å². The summed E-state index contributed by atoms with van der Waals surface area (Å²) in [6, 6.07) is 0. The van der Waals surface area contributed by atoms with Crippen molar-refractivity contribution < 1.29 is 38.1 Å². The zero-order chi connectivity index (χ0) is 37.3. The quantitative estimate of drug-likeness (QED) is 0.0443. The Bertz CT molecular complexity index is 860. The third-order valence-electron chi connectivity index (χ3n) is 10.8. The smallest absolute Gasteiger partial charge is 0.306 e. The molecule has 50 heavy (non-hydrogen) atoms. The van der Waals surface area contributed by atoms with Gasteiger partial charge in [0.25, 0.3) is 0 Å². The molecule has 1 N–H and O–H groups in total. The molecule has 0 unspecified atom stereocenters. The van der Waals surface area contributed by atoms with Crippen molar-refractivity contribution in [2.75, 3.05) is 13.7 Å². The number of aliphatic hydroxyl groups is 1. The Labute approximate surface area is 309 Å². The maximum Gasteiger partial charge on any atom is 0.306 e. The molecule has 8 nitrogen and oxygen atoms in total. The summed E-state index contributed by atoms with van der Waals surface area (Å²) in [7, 11) is -0.677. The molecule has 0 amide bonds. The molecule has 1 aliphatic heterocycles. The predicted octanol–water partition coefficient (Wildman–Crippen LogP) is 11.0. The maximum absolute atomic E-state index is 13.1. The first-order valence-corrected chi connectivity index (χ1v) is 23.7. The topological polar surface area (TPSA) is 101 Å². The van der Waals surface area contributed by atoms with Crippen LogP contribution in [0.15, 0.2) is 0 Å². The van der Waals surface area contributed by atoms with Crippen molar-refractivity contribution in [3.8, 4) is 0 Å². The fourth-order valence-electron chi connectivity index (χ4n) is 6.27. The summed E-state index contributed by atoms with van der Waals surface area (Å²) >= 11 is 0. The van der Waals surface area contributed by atoms with Gasteiger partial charge in [0.2, 0.25) is 0 Å². The van der Waals surface area contributed by atoms with Gasteiger partial charge < -0.3 is 28.5 Å². The van der Waals surface area contributed by atoms with Crippen LogP contribution < -0.4 is 0 Å². The Morgan fingerprint density at radius 2 is 0.980 bits per heavy atom. The second-order valence-corrected chi connectivity index (χ2v) is 21.1. The van der Waals surface area contributed by atoms with Crippen LogP contribution in [0.25, 0.3) is 0 Å². The number of aliphatic hydroxyl groups excluding tert-OH is 1. The van der Waals surface area contributed by atoms with Gasteiger partial charge in [0.1, 0.15) is 12.2 Å². The lowest BCUT2D eigenvalue weighted by Gasteiger charge is -2.44. The second-order valence-electron chi connectivity index (χ2n) is 16.3. The summed E-state index contributed by atoms with van der Waals surface area (Å²) < 4.78 is 29.9. The predicted molar refractivity (Wildman–Crippen MR) is 207 cm³/mol. The highest BCUT2D eigenvalue weighted by Gasteiger charge is 2.51. The lowest BCUT2D eigenvalue weighted by Crippen LogP contribution is -2.62. The Kier molecular flexibility index (Phi) is 25.9. The zero-order valence-corrected chi connectivity index (χ0v) is 34.9. The van der Waals surface area contributed by atoms with Crippen molar-refractivity contribution in [3.05, 3.63) is 0 Å². The molecule has 0 aromatic carbocycles. The van der Waals surface area contributed by atoms with Crippen LogP contribution in [0.4, 0.5) is 0 Å². The molecule has 1 rings (SSSR count). The van der Waals surface area contributed by atoms with Crippen molar-refractivity contribution in [2.45, 2.75) is 238 Å². The van der Waals surface area contributed by atoms with Crippen LogP contribution >= 0.6 is 0 Å². The van der Waals surface area contributed by atoms with E-state index in [-0.39, 0.29) is 24.5 Å². The molecule has 9 heteroatoms. The molecule has 0 saturated carbocycles. The normalized spacial score (nSPS) is 21.3. The number of ether oxygens (including phenoxy) is 4. The van der Waals surface area contributed by atoms with Crippen molar-refractivity contribution in [3.63, 3.8) is 0 Å². The van der Waals surface area contributed by atoms with Crippen LogP contribution in [0.3, 0.4) is 0 Å². The maximum atomic E-state index is 13.1. The zero-order valence-electron chi connectivity index (χ0n) is 33.9. The summed E-state index contributed by atoms with van der Waals surface area (Å²) in [5.74, 6) is -0.802. The highest BCUT2D eigenvalue weighted by Crippen LogP contribution is 2.37. The lowest BCUT2D eigenvalue weighted by molar-refractivity contribution is -0.300. The molecule has 1 aliphatic rings. The lowest BCUT2D eigenvalue weighted by atomic mass is 9.98. The summed E-state index contributed by atoms with van der Waals surface area (Å²) in [5.41, 5.74) is 0. The Morgan fingerprint density at radius 1 is 0.620 bits per heavy atom. The summed E-state index contributed by atoms with van der Waals surface area (Å²) in [4.78, 5) is 26.1. The third-order valence-corrected chi connectivity index (χ3v) is 15.3. The molecule has 0 aromatic rings. The van der Waals surface area contributed by atoms with Crippen molar-refractivity contribution in [1.29, 1.82) is 0 Å². The van der Waals surface area contributed by atoms with Gasteiger partial charge in [0.05, 0.1) is 6.61 Å². The summed E-state index contributed by atoms with van der Waals surface area (Å²) in [6.45, 7) is 15.4. The first kappa shape index (κ1) is 47.0. The molecular formula is C41H80O8Si. The largest absolute Gasteiger partial charge is 0.455 e. The highest BCUT2D eigenvalue weighted by atomic mass is 28.4. The van der Waals surface area contributed by atoms with E-state index in [9.17, 15) is 14.7 Å². The number of carbonyl (C=O) groups excluding carboxylic acids is 2. The summed E-state index contributed by atoms with van der Waals surface area (Å²) in [5, 5.41) is 11.5. The first-order chi connectivity index (χ1) is 23.9. The Morgan fingerprint density at radius 3 is 1.34 bits per heavy atom. The number of unbranched alkanes of at least 4 members (excludes halogenated alkanes) is 20. The monoisotopic (exact) mass is 729 g/mol. The van der Waals surface area contributed by atoms with Crippen molar-refractivity contribution in [2.24, 2.45) is 0 Å². The van der Waals surface area contributed by atoms with E-state index in [1.807, 2.05) is 0 Å². The Balaban J connectivity index is 2.68. The molecule has 1 heterocycles. The number of hydrogen-bond donors (Lipinski definition) is 1. The first-order valence-electron chi connectivity index (χ1n) is 20.8. The number of hydrogen-bond acceptors (Lipinski definition) is 8. The van der Waals surface area contributed by atoms with Crippen LogP contribution in [-0.4, -0.2) is 69.8 Å². The van der Waals surface area contributed by atoms with E-state index in [0.29, 0.717) is 0 Å². The minimum absolute atomic E-state index is 0.0277. The number of esters is 2. The van der Waals surface area contributed by atoms with E-state index in [2.05, 4.69) is 47.7 Å². The van der Waals surface area contributed by atoms with Crippen molar-refractivity contribution >= 4 is 20.3 Å². The molecule has 296 valence electrons. The van der Waals surface area contributed by atoms with Gasteiger partial charge in [-0.2, -0.15) is 0 Å². The summed E-state index contributed by atoms with van der Waals surface area (Å²) in [6.07, 6.45) is 21.5. The number of methoxy groups -OCH3 is 1. The molecule has 0 aromatic heterocycles. The van der Waals surface area contributed by atoms with E-state index >= 15 is 0 Å². The minimum Gasteiger partial charge on any atom is -0.455 e. The van der Waals surface area contributed by atoms with Crippen LogP contribution in [0.2, 0.25) is 18.1 Å². The standard InChI is InChI=1S/C41H80O8Si/c1-9-11-13-15-17-19-21-23-25-27-29-31-35(42)48-38-37(44)34(33-46-50(7,8)41(3,4)5)47-40(45-6)39(38)49-36(43)32-30-28-26-24-22-20-18-16-14-12-10-2/h34,37-40,44H,9-33H2,1-8H3/t34-,37-,38+,39-,40+/m1/s1. The van der Waals surface area contributed by atoms with E-state index in [0.717, 1.165) is 38.5 Å². The van der Waals surface area contributed by atoms with Gasteiger partial charge in [-0.05, 0) is 31.0 Å². The molecule has 1 saturated heterocycles. The van der Waals surface area contributed by atoms with Crippen LogP contribution in [0, 0.1) is 0 Å². The van der Waals surface area contributed by atoms with Gasteiger partial charge in [-0.1, -0.05) is 163 Å². The van der Waals surface area contributed by atoms with E-state index in [4.69, 9.17) is 23.4 Å². The van der Waals surface area contributed by atoms with Gasteiger partial charge in [0, 0.05) is 20.0 Å². The Hall–Kier alpha value is -1.00. The number of carbonyl (C=O) groups is 2. The van der Waals surface area contributed by atoms with Crippen LogP contribution in [0.5, 0.6) is 0 Å². The highest BCUT2D eigenvalue weighted by molar-refractivity contribution is 6.74. The number of rotatable bonds is 30. The fraction of sp³-hybridized carbons (Fsp3) is 0.951. The van der Waals surface area contributed by atoms with Gasteiger partial charge in [-0.15, -0.1) is 0 Å². The molecule has 0 radical (unpaired) electrons. The molecule has 0 bridgehead atoms. The third kappa shape index (κ3) is 20.3. The van der Waals surface area contributed by atoms with Crippen LogP contribution in [-0.2, 0) is 33.0 Å². The molecule has 0 spiro atoms. The van der Waals surface area contributed by atoms with E-state index < -0.39 is 51.0 Å². The van der Waals surface area contributed by atoms with Gasteiger partial charge in [0.15, 0.2) is 26.8 Å². The average molecular weight is 729 g/mol. The van der Waals surface area contributed by atoms with Crippen molar-refractivity contribution in [1.82, 2.24) is 0 Å². The van der Waals surface area contributed by atoms with Gasteiger partial charge in [-0.25, -0.2) is 0 Å². The average Bonchev–Trinajstić information content (AvgIpc) is 3.06. The van der Waals surface area contributed by atoms with Crippen LogP contribution in [0.1, 0.15) is 189 Å². The van der Waals surface area contributed by atoms with Gasteiger partial charge >= 0.3 is 11.9 Å². The minimum atomic E-state index is -2.15. The molecule has 1 fully saturated rings.